The fourth-order valence-electron chi connectivity index (χ4n) is 3.29. The van der Waals surface area contributed by atoms with Crippen molar-refractivity contribution in [2.75, 3.05) is 11.1 Å². The maximum Gasteiger partial charge on any atom is 0.295 e. The van der Waals surface area contributed by atoms with Crippen molar-refractivity contribution in [3.8, 4) is 5.69 Å². The van der Waals surface area contributed by atoms with Gasteiger partial charge in [-0.05, 0) is 42.0 Å². The Kier molecular flexibility index (Phi) is 5.27. The Morgan fingerprint density at radius 1 is 0.966 bits per heavy atom. The molecule has 0 aliphatic heterocycles. The van der Waals surface area contributed by atoms with E-state index < -0.39 is 0 Å². The number of hydrogen-bond acceptors (Lipinski definition) is 3. The fourth-order valence-corrected chi connectivity index (χ4v) is 4.04. The summed E-state index contributed by atoms with van der Waals surface area (Å²) in [5.74, 6) is 0.0337. The van der Waals surface area contributed by atoms with Crippen LogP contribution < -0.4 is 10.9 Å². The maximum absolute atomic E-state index is 12.9. The lowest BCUT2D eigenvalue weighted by atomic mass is 10.1. The van der Waals surface area contributed by atoms with Gasteiger partial charge in [-0.2, -0.15) is 0 Å². The maximum atomic E-state index is 12.9. The summed E-state index contributed by atoms with van der Waals surface area (Å²) in [5.41, 5.74) is 1.55. The number of fused-ring (bicyclic) bond motifs is 1. The molecule has 0 saturated heterocycles. The molecule has 6 heteroatoms. The van der Waals surface area contributed by atoms with Crippen LogP contribution >= 0.6 is 11.8 Å². The van der Waals surface area contributed by atoms with Gasteiger partial charge < -0.3 is 5.32 Å². The Labute approximate surface area is 173 Å². The van der Waals surface area contributed by atoms with Crippen LogP contribution in [0.15, 0.2) is 82.5 Å². The third kappa shape index (κ3) is 3.84. The molecule has 1 amide bonds. The van der Waals surface area contributed by atoms with Crippen molar-refractivity contribution in [1.29, 1.82) is 0 Å². The highest BCUT2D eigenvalue weighted by atomic mass is 32.2. The Bertz CT molecular complexity index is 1240. The predicted molar refractivity (Wildman–Crippen MR) is 119 cm³/mol. The van der Waals surface area contributed by atoms with E-state index in [1.807, 2.05) is 62.5 Å². The highest BCUT2D eigenvalue weighted by Crippen LogP contribution is 2.24. The van der Waals surface area contributed by atoms with E-state index in [4.69, 9.17) is 0 Å². The molecule has 0 fully saturated rings. The van der Waals surface area contributed by atoms with Crippen molar-refractivity contribution in [1.82, 2.24) is 9.36 Å². The zero-order valence-electron chi connectivity index (χ0n) is 16.3. The van der Waals surface area contributed by atoms with Crippen LogP contribution in [-0.4, -0.2) is 21.0 Å². The summed E-state index contributed by atoms with van der Waals surface area (Å²) in [5, 5.41) is 5.11. The first-order valence-corrected chi connectivity index (χ1v) is 10.3. The zero-order chi connectivity index (χ0) is 20.4. The first kappa shape index (κ1) is 19.1. The predicted octanol–water partition coefficient (Wildman–Crippen LogP) is 4.37. The number of amides is 1. The molecule has 0 bridgehead atoms. The van der Waals surface area contributed by atoms with E-state index in [-0.39, 0.29) is 17.2 Å². The summed E-state index contributed by atoms with van der Waals surface area (Å²) in [4.78, 5) is 26.4. The minimum atomic E-state index is -0.236. The summed E-state index contributed by atoms with van der Waals surface area (Å²) in [6, 6.07) is 23.6. The normalized spacial score (nSPS) is 11.0. The lowest BCUT2D eigenvalue weighted by Crippen LogP contribution is -2.23. The minimum absolute atomic E-state index is 0.200. The van der Waals surface area contributed by atoms with Gasteiger partial charge in [-0.15, -0.1) is 11.8 Å². The van der Waals surface area contributed by atoms with E-state index in [0.717, 1.165) is 16.0 Å². The van der Waals surface area contributed by atoms with Crippen LogP contribution in [0.25, 0.3) is 16.5 Å². The van der Waals surface area contributed by atoms with Gasteiger partial charge in [0.25, 0.3) is 5.56 Å². The minimum Gasteiger partial charge on any atom is -0.319 e. The molecule has 1 heterocycles. The Hall–Kier alpha value is -3.25. The SMILES string of the molecule is Cc1c(NC(=O)CSc2ccc3ccccc3c2)c(=O)n(-c2ccccc2)n1C. The molecule has 3 aromatic carbocycles. The van der Waals surface area contributed by atoms with E-state index in [9.17, 15) is 9.59 Å². The van der Waals surface area contributed by atoms with Gasteiger partial charge in [-0.1, -0.05) is 48.5 Å². The van der Waals surface area contributed by atoms with Crippen LogP contribution in [0, 0.1) is 6.92 Å². The molecule has 5 nitrogen and oxygen atoms in total. The summed E-state index contributed by atoms with van der Waals surface area (Å²) < 4.78 is 3.31. The van der Waals surface area contributed by atoms with Crippen LogP contribution in [0.2, 0.25) is 0 Å². The van der Waals surface area contributed by atoms with E-state index in [0.29, 0.717) is 11.4 Å². The highest BCUT2D eigenvalue weighted by molar-refractivity contribution is 8.00. The third-order valence-corrected chi connectivity index (χ3v) is 5.90. The number of benzene rings is 3. The Balaban J connectivity index is 1.50. The number of nitrogens with zero attached hydrogens (tertiary/aromatic N) is 2. The van der Waals surface area contributed by atoms with Crippen molar-refractivity contribution in [3.63, 3.8) is 0 Å². The molecular weight excluding hydrogens is 382 g/mol. The molecular formula is C23H21N3O2S. The number of hydrogen-bond donors (Lipinski definition) is 1. The van der Waals surface area contributed by atoms with Gasteiger partial charge in [0.1, 0.15) is 5.69 Å². The quantitative estimate of drug-likeness (QED) is 0.504. The van der Waals surface area contributed by atoms with Gasteiger partial charge in [0.2, 0.25) is 5.91 Å². The molecule has 0 saturated carbocycles. The number of nitrogens with one attached hydrogen (secondary N) is 1. The molecule has 0 unspecified atom stereocenters. The van der Waals surface area contributed by atoms with Crippen molar-refractivity contribution in [2.24, 2.45) is 7.05 Å². The molecule has 0 spiro atoms. The van der Waals surface area contributed by atoms with Crippen molar-refractivity contribution in [3.05, 3.63) is 88.8 Å². The van der Waals surface area contributed by atoms with Crippen molar-refractivity contribution in [2.45, 2.75) is 11.8 Å². The summed E-state index contributed by atoms with van der Waals surface area (Å²) >= 11 is 1.45. The Morgan fingerprint density at radius 2 is 1.66 bits per heavy atom. The topological polar surface area (TPSA) is 56.0 Å². The highest BCUT2D eigenvalue weighted by Gasteiger charge is 2.18. The number of aromatic nitrogens is 2. The van der Waals surface area contributed by atoms with E-state index >= 15 is 0 Å². The lowest BCUT2D eigenvalue weighted by Gasteiger charge is -2.07. The number of carbonyl (C=O) groups excluding carboxylic acids is 1. The van der Waals surface area contributed by atoms with Gasteiger partial charge in [0.05, 0.1) is 17.1 Å². The molecule has 4 rings (SSSR count). The average molecular weight is 404 g/mol. The molecule has 0 radical (unpaired) electrons. The van der Waals surface area contributed by atoms with Crippen LogP contribution in [0.1, 0.15) is 5.69 Å². The molecule has 0 atom stereocenters. The molecule has 0 aliphatic carbocycles. The van der Waals surface area contributed by atoms with E-state index in [1.54, 1.807) is 9.36 Å². The molecule has 1 N–H and O–H groups in total. The number of rotatable bonds is 5. The van der Waals surface area contributed by atoms with Crippen molar-refractivity contribution < 1.29 is 4.79 Å². The second-order valence-corrected chi connectivity index (χ2v) is 7.83. The van der Waals surface area contributed by atoms with Crippen molar-refractivity contribution >= 4 is 34.1 Å². The monoisotopic (exact) mass is 403 g/mol. The second kappa shape index (κ2) is 8.01. The smallest absolute Gasteiger partial charge is 0.295 e. The third-order valence-electron chi connectivity index (χ3n) is 4.91. The fraction of sp³-hybridized carbons (Fsp3) is 0.130. The Morgan fingerprint density at radius 3 is 2.41 bits per heavy atom. The van der Waals surface area contributed by atoms with Gasteiger partial charge in [-0.3, -0.25) is 14.3 Å². The number of para-hydroxylation sites is 1. The number of thioether (sulfide) groups is 1. The first-order valence-electron chi connectivity index (χ1n) is 9.30. The van der Waals surface area contributed by atoms with Gasteiger partial charge >= 0.3 is 0 Å². The zero-order valence-corrected chi connectivity index (χ0v) is 17.1. The summed E-state index contributed by atoms with van der Waals surface area (Å²) in [6.07, 6.45) is 0. The largest absolute Gasteiger partial charge is 0.319 e. The van der Waals surface area contributed by atoms with Crippen LogP contribution in [0.5, 0.6) is 0 Å². The molecule has 29 heavy (non-hydrogen) atoms. The van der Waals surface area contributed by atoms with E-state index in [2.05, 4.69) is 29.6 Å². The second-order valence-electron chi connectivity index (χ2n) is 6.78. The average Bonchev–Trinajstić information content (AvgIpc) is 2.96. The molecule has 146 valence electrons. The van der Waals surface area contributed by atoms with Gasteiger partial charge in [0.15, 0.2) is 0 Å². The molecule has 4 aromatic rings. The summed E-state index contributed by atoms with van der Waals surface area (Å²) in [7, 11) is 1.81. The lowest BCUT2D eigenvalue weighted by molar-refractivity contribution is -0.113. The van der Waals surface area contributed by atoms with Crippen LogP contribution in [-0.2, 0) is 11.8 Å². The van der Waals surface area contributed by atoms with Crippen LogP contribution in [0.4, 0.5) is 5.69 Å². The van der Waals surface area contributed by atoms with Gasteiger partial charge in [0, 0.05) is 11.9 Å². The van der Waals surface area contributed by atoms with Gasteiger partial charge in [-0.25, -0.2) is 4.68 Å². The first-order chi connectivity index (χ1) is 14.0. The number of carbonyl (C=O) groups is 1. The molecule has 1 aromatic heterocycles. The standard InChI is InChI=1S/C23H21N3O2S/c1-16-22(23(28)26(25(16)2)19-10-4-3-5-11-19)24-21(27)15-29-20-13-12-17-8-6-7-9-18(17)14-20/h3-14H,15H2,1-2H3,(H,24,27). The molecule has 0 aliphatic rings. The summed E-state index contributed by atoms with van der Waals surface area (Å²) in [6.45, 7) is 1.83. The van der Waals surface area contributed by atoms with Crippen LogP contribution in [0.3, 0.4) is 0 Å². The number of anilines is 1. The van der Waals surface area contributed by atoms with E-state index in [1.165, 1.54) is 17.1 Å².